The largest absolute Gasteiger partial charge is 0.377 e. The molecular weight excluding hydrogens is 343 g/mol. The zero-order valence-corrected chi connectivity index (χ0v) is 14.9. The molecule has 6 nitrogen and oxygen atoms in total. The van der Waals surface area contributed by atoms with Gasteiger partial charge in [-0.05, 0) is 25.0 Å². The van der Waals surface area contributed by atoms with Crippen LogP contribution in [-0.4, -0.2) is 45.7 Å². The zero-order chi connectivity index (χ0) is 17.6. The zero-order valence-electron chi connectivity index (χ0n) is 14.1. The summed E-state index contributed by atoms with van der Waals surface area (Å²) >= 11 is 1.52. The number of benzene rings is 1. The van der Waals surface area contributed by atoms with Gasteiger partial charge in [0.15, 0.2) is 5.16 Å². The number of ether oxygens (including phenoxy) is 1. The molecule has 3 rings (SSSR count). The van der Waals surface area contributed by atoms with E-state index < -0.39 is 0 Å². The van der Waals surface area contributed by atoms with Crippen molar-refractivity contribution < 1.29 is 13.9 Å². The lowest BCUT2D eigenvalue weighted by atomic mass is 10.3. The van der Waals surface area contributed by atoms with Crippen LogP contribution in [0.25, 0.3) is 5.69 Å². The van der Waals surface area contributed by atoms with Gasteiger partial charge in [0, 0.05) is 32.2 Å². The topological polar surface area (TPSA) is 69.0 Å². The Morgan fingerprint density at radius 1 is 1.44 bits per heavy atom. The van der Waals surface area contributed by atoms with E-state index in [2.05, 4.69) is 15.5 Å². The molecule has 0 aliphatic carbocycles. The minimum absolute atomic E-state index is 0.107. The molecule has 1 saturated heterocycles. The quantitative estimate of drug-likeness (QED) is 0.764. The summed E-state index contributed by atoms with van der Waals surface area (Å²) in [4.78, 5) is 11.1. The molecule has 0 spiro atoms. The van der Waals surface area contributed by atoms with Crippen molar-refractivity contribution in [3.63, 3.8) is 0 Å². The number of carbonyl (C=O) groups excluding carboxylic acids is 1. The molecule has 25 heavy (non-hydrogen) atoms. The fourth-order valence-electron chi connectivity index (χ4n) is 2.72. The predicted octanol–water partition coefficient (Wildman–Crippen LogP) is 2.36. The molecule has 0 bridgehead atoms. The van der Waals surface area contributed by atoms with Crippen molar-refractivity contribution in [1.29, 1.82) is 0 Å². The second-order valence-corrected chi connectivity index (χ2v) is 6.85. The third kappa shape index (κ3) is 4.58. The van der Waals surface area contributed by atoms with Gasteiger partial charge < -0.3 is 10.1 Å². The van der Waals surface area contributed by atoms with Crippen molar-refractivity contribution in [2.75, 3.05) is 18.9 Å². The van der Waals surface area contributed by atoms with Gasteiger partial charge in [-0.2, -0.15) is 0 Å². The number of hydrogen-bond acceptors (Lipinski definition) is 5. The third-order valence-electron chi connectivity index (χ3n) is 3.94. The lowest BCUT2D eigenvalue weighted by Crippen LogP contribution is -2.23. The van der Waals surface area contributed by atoms with Gasteiger partial charge in [0.25, 0.3) is 0 Å². The molecule has 1 aromatic heterocycles. The van der Waals surface area contributed by atoms with Gasteiger partial charge in [-0.25, -0.2) is 4.39 Å². The molecule has 0 saturated carbocycles. The summed E-state index contributed by atoms with van der Waals surface area (Å²) in [6, 6.07) is 6.56. The Morgan fingerprint density at radius 2 is 2.28 bits per heavy atom. The summed E-state index contributed by atoms with van der Waals surface area (Å²) in [5, 5.41) is 11.8. The summed E-state index contributed by atoms with van der Waals surface area (Å²) in [5.74, 6) is 0.943. The van der Waals surface area contributed by atoms with E-state index in [1.165, 1.54) is 24.8 Å². The number of thioether (sulfide) groups is 1. The van der Waals surface area contributed by atoms with Gasteiger partial charge in [-0.15, -0.1) is 10.2 Å². The standard InChI is InChI=1S/C17H21FN4O2S/c1-12(23)19-9-8-16-20-21-17(25-11-13-5-4-10-24-13)22(16)15-7-3-2-6-14(15)18/h2-3,6-7,13H,4-5,8-11H2,1H3,(H,19,23)/t13-/m1/s1. The van der Waals surface area contributed by atoms with Crippen LogP contribution in [0.5, 0.6) is 0 Å². The van der Waals surface area contributed by atoms with E-state index in [-0.39, 0.29) is 17.8 Å². The van der Waals surface area contributed by atoms with Crippen LogP contribution < -0.4 is 5.32 Å². The molecule has 1 aliphatic heterocycles. The lowest BCUT2D eigenvalue weighted by Gasteiger charge is -2.12. The molecule has 1 fully saturated rings. The Hall–Kier alpha value is -1.93. The summed E-state index contributed by atoms with van der Waals surface area (Å²) < 4.78 is 21.7. The maximum Gasteiger partial charge on any atom is 0.216 e. The lowest BCUT2D eigenvalue weighted by molar-refractivity contribution is -0.118. The summed E-state index contributed by atoms with van der Waals surface area (Å²) in [6.45, 7) is 2.69. The smallest absolute Gasteiger partial charge is 0.216 e. The number of nitrogens with one attached hydrogen (secondary N) is 1. The van der Waals surface area contributed by atoms with E-state index in [0.717, 1.165) is 25.2 Å². The molecule has 2 aromatic rings. The van der Waals surface area contributed by atoms with Crippen LogP contribution in [0.4, 0.5) is 4.39 Å². The fourth-order valence-corrected chi connectivity index (χ4v) is 3.75. The first-order valence-corrected chi connectivity index (χ1v) is 9.31. The molecule has 0 radical (unpaired) electrons. The Kier molecular flexibility index (Phi) is 6.04. The van der Waals surface area contributed by atoms with E-state index in [4.69, 9.17) is 4.74 Å². The van der Waals surface area contributed by atoms with E-state index in [9.17, 15) is 9.18 Å². The molecule has 1 N–H and O–H groups in total. The SMILES string of the molecule is CC(=O)NCCc1nnc(SC[C@H]2CCCO2)n1-c1ccccc1F. The minimum atomic E-state index is -0.331. The molecule has 8 heteroatoms. The minimum Gasteiger partial charge on any atom is -0.377 e. The number of para-hydroxylation sites is 1. The predicted molar refractivity (Wildman–Crippen MR) is 93.4 cm³/mol. The van der Waals surface area contributed by atoms with Crippen LogP contribution in [0.2, 0.25) is 0 Å². The molecular formula is C17H21FN4O2S. The highest BCUT2D eigenvalue weighted by atomic mass is 32.2. The number of rotatable bonds is 7. The van der Waals surface area contributed by atoms with Gasteiger partial charge in [0.1, 0.15) is 11.6 Å². The van der Waals surface area contributed by atoms with Crippen LogP contribution in [0.1, 0.15) is 25.6 Å². The van der Waals surface area contributed by atoms with E-state index in [1.54, 1.807) is 22.8 Å². The van der Waals surface area contributed by atoms with E-state index >= 15 is 0 Å². The maximum atomic E-state index is 14.3. The van der Waals surface area contributed by atoms with Crippen LogP contribution in [-0.2, 0) is 16.0 Å². The Morgan fingerprint density at radius 3 is 3.00 bits per heavy atom. The van der Waals surface area contributed by atoms with Crippen LogP contribution in [0.3, 0.4) is 0 Å². The molecule has 1 aliphatic rings. The van der Waals surface area contributed by atoms with Gasteiger partial charge >= 0.3 is 0 Å². The highest BCUT2D eigenvalue weighted by molar-refractivity contribution is 7.99. The molecule has 1 atom stereocenters. The molecule has 1 aromatic carbocycles. The summed E-state index contributed by atoms with van der Waals surface area (Å²) in [7, 11) is 0. The maximum absolute atomic E-state index is 14.3. The Balaban J connectivity index is 1.82. The second kappa shape index (κ2) is 8.44. The number of amides is 1. The molecule has 1 amide bonds. The second-order valence-electron chi connectivity index (χ2n) is 5.86. The van der Waals surface area contributed by atoms with Crippen molar-refractivity contribution in [2.24, 2.45) is 0 Å². The number of halogens is 1. The fraction of sp³-hybridized carbons (Fsp3) is 0.471. The van der Waals surface area contributed by atoms with E-state index in [0.29, 0.717) is 29.6 Å². The summed E-state index contributed by atoms with van der Waals surface area (Å²) in [5.41, 5.74) is 0.417. The van der Waals surface area contributed by atoms with Crippen LogP contribution in [0.15, 0.2) is 29.4 Å². The molecule has 0 unspecified atom stereocenters. The Labute approximate surface area is 150 Å². The first kappa shape index (κ1) is 17.9. The van der Waals surface area contributed by atoms with Crippen molar-refractivity contribution >= 4 is 17.7 Å². The van der Waals surface area contributed by atoms with Gasteiger partial charge in [0.2, 0.25) is 5.91 Å². The van der Waals surface area contributed by atoms with E-state index in [1.807, 2.05) is 0 Å². The van der Waals surface area contributed by atoms with Crippen LogP contribution in [0, 0.1) is 5.82 Å². The average Bonchev–Trinajstić information content (AvgIpc) is 3.23. The van der Waals surface area contributed by atoms with Crippen molar-refractivity contribution in [3.8, 4) is 5.69 Å². The summed E-state index contributed by atoms with van der Waals surface area (Å²) in [6.07, 6.45) is 2.80. The van der Waals surface area contributed by atoms with Crippen LogP contribution >= 0.6 is 11.8 Å². The number of aromatic nitrogens is 3. The van der Waals surface area contributed by atoms with Gasteiger partial charge in [0.05, 0.1) is 11.8 Å². The first-order chi connectivity index (χ1) is 12.1. The first-order valence-electron chi connectivity index (χ1n) is 8.33. The molecule has 134 valence electrons. The van der Waals surface area contributed by atoms with Gasteiger partial charge in [-0.3, -0.25) is 9.36 Å². The number of nitrogens with zero attached hydrogens (tertiary/aromatic N) is 3. The average molecular weight is 364 g/mol. The monoisotopic (exact) mass is 364 g/mol. The Bertz CT molecular complexity index is 731. The highest BCUT2D eigenvalue weighted by Crippen LogP contribution is 2.27. The van der Waals surface area contributed by atoms with Gasteiger partial charge in [-0.1, -0.05) is 23.9 Å². The molecule has 2 heterocycles. The normalized spacial score (nSPS) is 17.0. The third-order valence-corrected chi connectivity index (χ3v) is 5.00. The van der Waals surface area contributed by atoms with Crippen molar-refractivity contribution in [3.05, 3.63) is 35.9 Å². The number of hydrogen-bond donors (Lipinski definition) is 1. The number of carbonyl (C=O) groups is 1. The van der Waals surface area contributed by atoms with Crippen molar-refractivity contribution in [2.45, 2.75) is 37.4 Å². The highest BCUT2D eigenvalue weighted by Gasteiger charge is 2.20. The van der Waals surface area contributed by atoms with Crippen molar-refractivity contribution in [1.82, 2.24) is 20.1 Å².